The van der Waals surface area contributed by atoms with Crippen LogP contribution in [0.1, 0.15) is 23.0 Å². The number of nitrogens with zero attached hydrogens (tertiary/aromatic N) is 2. The summed E-state index contributed by atoms with van der Waals surface area (Å²) in [6.45, 7) is 3.68. The Hall–Kier alpha value is -2.41. The largest absolute Gasteiger partial charge is 0.477 e. The summed E-state index contributed by atoms with van der Waals surface area (Å²) in [4.78, 5) is 14.9. The average molecular weight is 320 g/mol. The second kappa shape index (κ2) is 6.15. The molecule has 0 radical (unpaired) electrons. The van der Waals surface area contributed by atoms with Gasteiger partial charge in [-0.15, -0.1) is 0 Å². The van der Waals surface area contributed by atoms with Gasteiger partial charge in [0.05, 0.1) is 10.6 Å². The van der Waals surface area contributed by atoms with E-state index in [1.807, 2.05) is 13.0 Å². The number of hydrogen-bond acceptors (Lipinski definition) is 4. The van der Waals surface area contributed by atoms with Gasteiger partial charge in [0, 0.05) is 12.7 Å². The van der Waals surface area contributed by atoms with Crippen LogP contribution in [-0.4, -0.2) is 31.0 Å². The molecule has 1 aromatic heterocycles. The fourth-order valence-corrected chi connectivity index (χ4v) is 3.66. The van der Waals surface area contributed by atoms with E-state index in [-0.39, 0.29) is 22.8 Å². The predicted molar refractivity (Wildman–Crippen MR) is 82.6 cm³/mol. The van der Waals surface area contributed by atoms with Crippen molar-refractivity contribution in [1.29, 1.82) is 0 Å². The normalized spacial score (nSPS) is 11.2. The van der Waals surface area contributed by atoms with Crippen LogP contribution in [0.5, 0.6) is 0 Å². The molecular weight excluding hydrogens is 304 g/mol. The highest BCUT2D eigenvalue weighted by Crippen LogP contribution is 2.24. The molecule has 6 nitrogen and oxygen atoms in total. The number of anilines is 1. The number of rotatable bonds is 5. The third-order valence-electron chi connectivity index (χ3n) is 3.12. The van der Waals surface area contributed by atoms with Gasteiger partial charge in [0.15, 0.2) is 0 Å². The van der Waals surface area contributed by atoms with Crippen molar-refractivity contribution in [2.24, 2.45) is 0 Å². The number of aromatic nitrogens is 1. The number of hydrogen-bond donors (Lipinski definition) is 1. The van der Waals surface area contributed by atoms with Gasteiger partial charge in [-0.3, -0.25) is 4.31 Å². The number of aryl methyl sites for hydroxylation is 1. The van der Waals surface area contributed by atoms with Crippen LogP contribution in [0.2, 0.25) is 0 Å². The molecule has 0 spiro atoms. The summed E-state index contributed by atoms with van der Waals surface area (Å²) in [7, 11) is -3.76. The zero-order valence-electron chi connectivity index (χ0n) is 12.2. The summed E-state index contributed by atoms with van der Waals surface area (Å²) >= 11 is 0. The van der Waals surface area contributed by atoms with Crippen LogP contribution in [0, 0.1) is 6.92 Å². The van der Waals surface area contributed by atoms with Crippen molar-refractivity contribution < 1.29 is 18.3 Å². The van der Waals surface area contributed by atoms with Crippen LogP contribution in [0.25, 0.3) is 0 Å². The lowest BCUT2D eigenvalue weighted by Gasteiger charge is -2.23. The van der Waals surface area contributed by atoms with Crippen molar-refractivity contribution in [2.75, 3.05) is 10.8 Å². The summed E-state index contributed by atoms with van der Waals surface area (Å²) in [5.74, 6) is -1.20. The second-order valence-corrected chi connectivity index (χ2v) is 6.55. The summed E-state index contributed by atoms with van der Waals surface area (Å²) in [6.07, 6.45) is 1.28. The second-order valence-electron chi connectivity index (χ2n) is 4.69. The maximum atomic E-state index is 12.8. The van der Waals surface area contributed by atoms with E-state index in [2.05, 4.69) is 4.98 Å². The molecule has 0 atom stereocenters. The average Bonchev–Trinajstić information content (AvgIpc) is 2.48. The summed E-state index contributed by atoms with van der Waals surface area (Å²) in [5, 5.41) is 8.99. The van der Waals surface area contributed by atoms with Crippen LogP contribution in [0.15, 0.2) is 47.5 Å². The Morgan fingerprint density at radius 2 is 2.00 bits per heavy atom. The van der Waals surface area contributed by atoms with Gasteiger partial charge in [-0.2, -0.15) is 0 Å². The van der Waals surface area contributed by atoms with Crippen molar-refractivity contribution in [1.82, 2.24) is 4.98 Å². The molecule has 1 N–H and O–H groups in total. The van der Waals surface area contributed by atoms with Gasteiger partial charge >= 0.3 is 5.97 Å². The number of aromatic carboxylic acids is 1. The highest BCUT2D eigenvalue weighted by molar-refractivity contribution is 7.92. The lowest BCUT2D eigenvalue weighted by atomic mass is 10.2. The summed E-state index contributed by atoms with van der Waals surface area (Å²) in [5.41, 5.74) is 0.907. The van der Waals surface area contributed by atoms with Crippen molar-refractivity contribution in [3.8, 4) is 0 Å². The SMILES string of the molecule is CCN(c1ccnc(C(=O)O)c1)S(=O)(=O)c1cccc(C)c1. The maximum absolute atomic E-state index is 12.8. The first-order valence-corrected chi connectivity index (χ1v) is 8.09. The van der Waals surface area contributed by atoms with Crippen molar-refractivity contribution >= 4 is 21.7 Å². The molecule has 0 unspecified atom stereocenters. The third kappa shape index (κ3) is 3.09. The first kappa shape index (κ1) is 16.0. The monoisotopic (exact) mass is 320 g/mol. The minimum Gasteiger partial charge on any atom is -0.477 e. The van der Waals surface area contributed by atoms with E-state index >= 15 is 0 Å². The standard InChI is InChI=1S/C15H16N2O4S/c1-3-17(12-7-8-16-14(10-12)15(18)19)22(20,21)13-6-4-5-11(2)9-13/h4-10H,3H2,1-2H3,(H,18,19). The lowest BCUT2D eigenvalue weighted by Crippen LogP contribution is -2.31. The first-order chi connectivity index (χ1) is 10.4. The summed E-state index contributed by atoms with van der Waals surface area (Å²) < 4.78 is 26.7. The van der Waals surface area contributed by atoms with Crippen molar-refractivity contribution in [3.05, 3.63) is 53.9 Å². The van der Waals surface area contributed by atoms with Crippen LogP contribution < -0.4 is 4.31 Å². The van der Waals surface area contributed by atoms with Crippen molar-refractivity contribution in [3.63, 3.8) is 0 Å². The molecule has 2 rings (SSSR count). The lowest BCUT2D eigenvalue weighted by molar-refractivity contribution is 0.0690. The Kier molecular flexibility index (Phi) is 4.46. The van der Waals surface area contributed by atoms with Gasteiger partial charge in [-0.25, -0.2) is 18.2 Å². The van der Waals surface area contributed by atoms with E-state index < -0.39 is 16.0 Å². The van der Waals surface area contributed by atoms with E-state index in [4.69, 9.17) is 5.11 Å². The molecule has 0 aliphatic carbocycles. The van der Waals surface area contributed by atoms with Crippen LogP contribution >= 0.6 is 0 Å². The Bertz CT molecular complexity index is 803. The first-order valence-electron chi connectivity index (χ1n) is 6.65. The molecule has 116 valence electrons. The molecule has 2 aromatic rings. The van der Waals surface area contributed by atoms with E-state index in [0.29, 0.717) is 0 Å². The van der Waals surface area contributed by atoms with Gasteiger partial charge < -0.3 is 5.11 Å². The number of carbonyl (C=O) groups is 1. The highest BCUT2D eigenvalue weighted by Gasteiger charge is 2.24. The smallest absolute Gasteiger partial charge is 0.354 e. The quantitative estimate of drug-likeness (QED) is 0.913. The predicted octanol–water partition coefficient (Wildman–Crippen LogP) is 2.30. The Labute approximate surface area is 129 Å². The zero-order chi connectivity index (χ0) is 16.3. The van der Waals surface area contributed by atoms with Gasteiger partial charge in [0.2, 0.25) is 0 Å². The maximum Gasteiger partial charge on any atom is 0.354 e. The van der Waals surface area contributed by atoms with Crippen LogP contribution in [-0.2, 0) is 10.0 Å². The van der Waals surface area contributed by atoms with E-state index in [1.165, 1.54) is 24.4 Å². The Morgan fingerprint density at radius 3 is 2.59 bits per heavy atom. The summed E-state index contributed by atoms with van der Waals surface area (Å²) in [6, 6.07) is 9.31. The molecule has 0 aliphatic heterocycles. The van der Waals surface area contributed by atoms with Gasteiger partial charge in [0.1, 0.15) is 5.69 Å². The van der Waals surface area contributed by atoms with E-state index in [0.717, 1.165) is 9.87 Å². The zero-order valence-corrected chi connectivity index (χ0v) is 13.0. The van der Waals surface area contributed by atoms with E-state index in [1.54, 1.807) is 19.1 Å². The van der Waals surface area contributed by atoms with Gasteiger partial charge in [0.25, 0.3) is 10.0 Å². The molecule has 22 heavy (non-hydrogen) atoms. The molecule has 0 bridgehead atoms. The number of pyridine rings is 1. The third-order valence-corrected chi connectivity index (χ3v) is 5.01. The van der Waals surface area contributed by atoms with Crippen LogP contribution in [0.4, 0.5) is 5.69 Å². The topological polar surface area (TPSA) is 87.6 Å². The molecule has 1 heterocycles. The molecule has 0 saturated carbocycles. The molecule has 7 heteroatoms. The molecule has 0 aliphatic rings. The van der Waals surface area contributed by atoms with E-state index in [9.17, 15) is 13.2 Å². The Balaban J connectivity index is 2.51. The molecule has 1 aromatic carbocycles. The van der Waals surface area contributed by atoms with Gasteiger partial charge in [-0.05, 0) is 43.7 Å². The number of carboxylic acid groups (broad SMARTS) is 1. The molecule has 0 fully saturated rings. The number of sulfonamides is 1. The molecule has 0 amide bonds. The van der Waals surface area contributed by atoms with Crippen LogP contribution in [0.3, 0.4) is 0 Å². The fraction of sp³-hybridized carbons (Fsp3) is 0.200. The minimum atomic E-state index is -3.76. The molecule has 0 saturated heterocycles. The number of carboxylic acids is 1. The highest BCUT2D eigenvalue weighted by atomic mass is 32.2. The number of benzene rings is 1. The fourth-order valence-electron chi connectivity index (χ4n) is 2.09. The Morgan fingerprint density at radius 1 is 1.27 bits per heavy atom. The van der Waals surface area contributed by atoms with Crippen molar-refractivity contribution in [2.45, 2.75) is 18.7 Å². The minimum absolute atomic E-state index is 0.169. The molecular formula is C15H16N2O4S. The van der Waals surface area contributed by atoms with Gasteiger partial charge in [-0.1, -0.05) is 12.1 Å².